The minimum Gasteiger partial charge on any atom is -0.375 e. The van der Waals surface area contributed by atoms with E-state index in [-0.39, 0.29) is 5.91 Å². The summed E-state index contributed by atoms with van der Waals surface area (Å²) in [6.07, 6.45) is 3.42. The molecule has 0 amide bonds. The quantitative estimate of drug-likeness (QED) is 0.587. The molecule has 0 saturated carbocycles. The summed E-state index contributed by atoms with van der Waals surface area (Å²) in [6.45, 7) is 5.13. The van der Waals surface area contributed by atoms with Gasteiger partial charge in [-0.15, -0.1) is 0 Å². The summed E-state index contributed by atoms with van der Waals surface area (Å²) in [5.74, 6) is 0.802. The molecule has 0 N–H and O–H groups in total. The highest BCUT2D eigenvalue weighted by Gasteiger charge is 2.39. The fourth-order valence-corrected chi connectivity index (χ4v) is 5.31. The average molecular weight is 389 g/mol. The number of piperidine rings is 1. The van der Waals surface area contributed by atoms with E-state index in [4.69, 9.17) is 4.74 Å². The minimum atomic E-state index is 0.125. The van der Waals surface area contributed by atoms with Gasteiger partial charge in [0.25, 0.3) is 0 Å². The molecule has 5 rings (SSSR count). The normalized spacial score (nSPS) is 21.3. The van der Waals surface area contributed by atoms with Gasteiger partial charge in [-0.3, -0.25) is 14.3 Å². The lowest BCUT2D eigenvalue weighted by Gasteiger charge is -2.43. The molecule has 29 heavy (non-hydrogen) atoms. The summed E-state index contributed by atoms with van der Waals surface area (Å²) >= 11 is 0. The molecule has 150 valence electrons. The number of benzene rings is 2. The number of hydrogen-bond acceptors (Lipinski definition) is 3. The molecule has 3 aromatic rings. The van der Waals surface area contributed by atoms with E-state index in [1.165, 1.54) is 35.0 Å². The van der Waals surface area contributed by atoms with E-state index in [2.05, 4.69) is 47.4 Å². The van der Waals surface area contributed by atoms with Crippen molar-refractivity contribution >= 4 is 16.8 Å². The van der Waals surface area contributed by atoms with Crippen LogP contribution in [0.15, 0.2) is 54.6 Å². The van der Waals surface area contributed by atoms with E-state index in [0.717, 1.165) is 31.6 Å². The molecule has 0 spiro atoms. The third-order valence-corrected chi connectivity index (χ3v) is 6.60. The molecule has 4 heteroatoms. The van der Waals surface area contributed by atoms with Crippen molar-refractivity contribution in [1.82, 2.24) is 9.47 Å². The van der Waals surface area contributed by atoms with Crippen LogP contribution in [0.25, 0.3) is 10.9 Å². The molecule has 2 atom stereocenters. The van der Waals surface area contributed by atoms with Crippen LogP contribution >= 0.6 is 0 Å². The number of fused-ring (bicyclic) bond motifs is 6. The van der Waals surface area contributed by atoms with Crippen LogP contribution in [0, 0.1) is 5.92 Å². The summed E-state index contributed by atoms with van der Waals surface area (Å²) in [4.78, 5) is 15.0. The Labute approximate surface area is 172 Å². The van der Waals surface area contributed by atoms with Crippen molar-refractivity contribution in [2.45, 2.75) is 38.8 Å². The van der Waals surface area contributed by atoms with Crippen LogP contribution in [0.5, 0.6) is 0 Å². The molecule has 1 aliphatic heterocycles. The van der Waals surface area contributed by atoms with Gasteiger partial charge in [0.15, 0.2) is 0 Å². The van der Waals surface area contributed by atoms with Crippen molar-refractivity contribution in [3.63, 3.8) is 0 Å². The highest BCUT2D eigenvalue weighted by atomic mass is 16.5. The largest absolute Gasteiger partial charge is 0.375 e. The van der Waals surface area contributed by atoms with Crippen molar-refractivity contribution in [2.75, 3.05) is 19.7 Å². The second kappa shape index (κ2) is 7.77. The van der Waals surface area contributed by atoms with E-state index in [1.54, 1.807) is 6.92 Å². The number of carbonyl (C=O) groups is 1. The first-order valence-corrected chi connectivity index (χ1v) is 10.7. The highest BCUT2D eigenvalue weighted by Crippen LogP contribution is 2.46. The van der Waals surface area contributed by atoms with Crippen LogP contribution in [0.2, 0.25) is 0 Å². The van der Waals surface area contributed by atoms with Crippen molar-refractivity contribution in [3.05, 3.63) is 71.4 Å². The van der Waals surface area contributed by atoms with E-state index in [0.29, 0.717) is 18.6 Å². The number of carbonyl (C=O) groups excluding carboxylic acids is 1. The fraction of sp³-hybridized carbons (Fsp3) is 0.400. The Morgan fingerprint density at radius 2 is 1.90 bits per heavy atom. The zero-order chi connectivity index (χ0) is 19.8. The standard InChI is InChI=1S/C25H28N2O2/c1-18(28)27-22-10-6-5-9-21(22)25-23-15-20(16-24(25)27)11-12-26(23)13-14-29-17-19-7-3-2-4-8-19/h2-10,20,23H,11-17H2,1H3. The first-order chi connectivity index (χ1) is 14.2. The number of ether oxygens (including phenoxy) is 1. The van der Waals surface area contributed by atoms with Gasteiger partial charge in [-0.05, 0) is 48.9 Å². The first-order valence-electron chi connectivity index (χ1n) is 10.7. The molecule has 0 radical (unpaired) electrons. The zero-order valence-corrected chi connectivity index (χ0v) is 17.0. The van der Waals surface area contributed by atoms with Crippen molar-refractivity contribution in [2.24, 2.45) is 5.92 Å². The predicted molar refractivity (Wildman–Crippen MR) is 115 cm³/mol. The average Bonchev–Trinajstić information content (AvgIpc) is 3.07. The summed E-state index contributed by atoms with van der Waals surface area (Å²) in [5, 5.41) is 1.25. The molecule has 2 aliphatic rings. The van der Waals surface area contributed by atoms with Crippen LogP contribution in [0.3, 0.4) is 0 Å². The van der Waals surface area contributed by atoms with Gasteiger partial charge in [-0.1, -0.05) is 48.5 Å². The Kier molecular flexibility index (Phi) is 4.98. The van der Waals surface area contributed by atoms with Gasteiger partial charge < -0.3 is 4.74 Å². The Bertz CT molecular complexity index is 1020. The monoisotopic (exact) mass is 388 g/mol. The highest BCUT2D eigenvalue weighted by molar-refractivity contribution is 5.95. The third-order valence-electron chi connectivity index (χ3n) is 6.60. The molecule has 1 aliphatic carbocycles. The van der Waals surface area contributed by atoms with Crippen LogP contribution in [0.4, 0.5) is 0 Å². The van der Waals surface area contributed by atoms with Crippen LogP contribution < -0.4 is 0 Å². The maximum absolute atomic E-state index is 12.5. The predicted octanol–water partition coefficient (Wildman–Crippen LogP) is 4.83. The van der Waals surface area contributed by atoms with Gasteiger partial charge >= 0.3 is 0 Å². The topological polar surface area (TPSA) is 34.5 Å². The lowest BCUT2D eigenvalue weighted by molar-refractivity contribution is 0.0458. The number of likely N-dealkylation sites (tertiary alicyclic amines) is 1. The molecular formula is C25H28N2O2. The van der Waals surface area contributed by atoms with Crippen LogP contribution in [-0.2, 0) is 17.8 Å². The van der Waals surface area contributed by atoms with E-state index < -0.39 is 0 Å². The molecule has 1 saturated heterocycles. The number of aromatic nitrogens is 1. The Morgan fingerprint density at radius 1 is 1.10 bits per heavy atom. The number of para-hydroxylation sites is 1. The molecule has 2 unspecified atom stereocenters. The Balaban J connectivity index is 1.38. The second-order valence-corrected chi connectivity index (χ2v) is 8.42. The van der Waals surface area contributed by atoms with E-state index >= 15 is 0 Å². The van der Waals surface area contributed by atoms with Gasteiger partial charge in [-0.2, -0.15) is 0 Å². The lowest BCUT2D eigenvalue weighted by atomic mass is 9.77. The van der Waals surface area contributed by atoms with Crippen LogP contribution in [-0.4, -0.2) is 35.1 Å². The van der Waals surface area contributed by atoms with Gasteiger partial charge in [0, 0.05) is 30.6 Å². The van der Waals surface area contributed by atoms with Gasteiger partial charge in [0.2, 0.25) is 5.91 Å². The maximum Gasteiger partial charge on any atom is 0.228 e. The van der Waals surface area contributed by atoms with Crippen LogP contribution in [0.1, 0.15) is 47.4 Å². The Hall–Kier alpha value is -2.43. The van der Waals surface area contributed by atoms with E-state index in [1.807, 2.05) is 16.7 Å². The molecule has 4 nitrogen and oxygen atoms in total. The van der Waals surface area contributed by atoms with Gasteiger partial charge in [0.1, 0.15) is 0 Å². The summed E-state index contributed by atoms with van der Waals surface area (Å²) in [7, 11) is 0. The number of nitrogens with zero attached hydrogens (tertiary/aromatic N) is 2. The SMILES string of the molecule is CC(=O)n1c2c(c3ccccc31)C1CC(CCN1CCOCc1ccccc1)C2. The zero-order valence-electron chi connectivity index (χ0n) is 17.0. The fourth-order valence-electron chi connectivity index (χ4n) is 5.31. The first kappa shape index (κ1) is 18.6. The molecule has 1 aromatic heterocycles. The summed E-state index contributed by atoms with van der Waals surface area (Å²) < 4.78 is 7.95. The summed E-state index contributed by atoms with van der Waals surface area (Å²) in [6, 6.07) is 19.2. The minimum absolute atomic E-state index is 0.125. The second-order valence-electron chi connectivity index (χ2n) is 8.42. The summed E-state index contributed by atoms with van der Waals surface area (Å²) in [5.41, 5.74) is 4.91. The molecule has 2 aromatic carbocycles. The van der Waals surface area contributed by atoms with Crippen molar-refractivity contribution in [1.29, 1.82) is 0 Å². The maximum atomic E-state index is 12.5. The van der Waals surface area contributed by atoms with Gasteiger partial charge in [-0.25, -0.2) is 0 Å². The van der Waals surface area contributed by atoms with E-state index in [9.17, 15) is 4.79 Å². The van der Waals surface area contributed by atoms with Crippen molar-refractivity contribution < 1.29 is 9.53 Å². The molecule has 1 fully saturated rings. The number of hydrogen-bond donors (Lipinski definition) is 0. The third kappa shape index (κ3) is 3.41. The number of rotatable bonds is 5. The smallest absolute Gasteiger partial charge is 0.228 e. The van der Waals surface area contributed by atoms with Gasteiger partial charge in [0.05, 0.1) is 18.7 Å². The molecular weight excluding hydrogens is 360 g/mol. The van der Waals surface area contributed by atoms with Crippen molar-refractivity contribution in [3.8, 4) is 0 Å². The Morgan fingerprint density at radius 3 is 2.72 bits per heavy atom. The lowest BCUT2D eigenvalue weighted by Crippen LogP contribution is -2.42. The molecule has 2 bridgehead atoms. The molecule has 2 heterocycles.